The van der Waals surface area contributed by atoms with Gasteiger partial charge in [0.25, 0.3) is 10.0 Å². The Balaban J connectivity index is 1.93. The Morgan fingerprint density at radius 1 is 1.19 bits per heavy atom. The molecule has 0 saturated heterocycles. The van der Waals surface area contributed by atoms with Crippen LogP contribution in [0.2, 0.25) is 5.02 Å². The van der Waals surface area contributed by atoms with E-state index in [1.54, 1.807) is 18.2 Å². The van der Waals surface area contributed by atoms with Crippen LogP contribution in [0, 0.1) is 0 Å². The third-order valence-corrected chi connectivity index (χ3v) is 7.93. The molecule has 5 nitrogen and oxygen atoms in total. The lowest BCUT2D eigenvalue weighted by Gasteiger charge is -2.31. The van der Waals surface area contributed by atoms with Gasteiger partial charge in [0.05, 0.1) is 22.9 Å². The predicted octanol–water partition coefficient (Wildman–Crippen LogP) is 4.99. The van der Waals surface area contributed by atoms with Crippen LogP contribution in [0.3, 0.4) is 0 Å². The molecule has 0 fully saturated rings. The maximum atomic E-state index is 13.3. The van der Waals surface area contributed by atoms with E-state index in [0.717, 1.165) is 29.4 Å². The van der Waals surface area contributed by atoms with Crippen molar-refractivity contribution >= 4 is 39.1 Å². The zero-order valence-corrected chi connectivity index (χ0v) is 19.3. The number of sulfonamides is 1. The highest BCUT2D eigenvalue weighted by Gasteiger charge is 2.36. The molecule has 31 heavy (non-hydrogen) atoms. The summed E-state index contributed by atoms with van der Waals surface area (Å²) in [5.74, 6) is 0.960. The Hall–Kier alpha value is -1.62. The van der Waals surface area contributed by atoms with E-state index in [0.29, 0.717) is 34.8 Å². The standard InChI is InChI=1S/C20H22ClF3N2O3S2/c1-25(2)8-3-10-29-15-5-7-18-17(13-15)26(9-11-30-18)31(27,28)19-12-14(20(22,23)24)4-6-16(19)21/h4-7,12-13H,3,8-11H2,1-2H3. The van der Waals surface area contributed by atoms with Crippen molar-refractivity contribution in [2.75, 3.05) is 43.8 Å². The summed E-state index contributed by atoms with van der Waals surface area (Å²) in [7, 11) is -0.404. The van der Waals surface area contributed by atoms with Gasteiger partial charge in [0.15, 0.2) is 0 Å². The third-order valence-electron chi connectivity index (χ3n) is 4.60. The Kier molecular flexibility index (Phi) is 7.35. The van der Waals surface area contributed by atoms with E-state index in [9.17, 15) is 21.6 Å². The van der Waals surface area contributed by atoms with E-state index in [4.69, 9.17) is 16.3 Å². The molecule has 0 unspecified atom stereocenters. The molecule has 0 aromatic heterocycles. The summed E-state index contributed by atoms with van der Waals surface area (Å²) in [6, 6.07) is 7.44. The number of hydrogen-bond donors (Lipinski definition) is 0. The van der Waals surface area contributed by atoms with Crippen molar-refractivity contribution in [1.82, 2.24) is 4.90 Å². The summed E-state index contributed by atoms with van der Waals surface area (Å²) in [6.45, 7) is 1.41. The highest BCUT2D eigenvalue weighted by molar-refractivity contribution is 8.00. The van der Waals surface area contributed by atoms with Gasteiger partial charge in [-0.1, -0.05) is 11.6 Å². The van der Waals surface area contributed by atoms with Crippen LogP contribution in [-0.2, 0) is 16.2 Å². The molecule has 0 saturated carbocycles. The zero-order chi connectivity index (χ0) is 22.8. The Morgan fingerprint density at radius 2 is 1.94 bits per heavy atom. The number of nitrogens with zero attached hydrogens (tertiary/aromatic N) is 2. The van der Waals surface area contributed by atoms with E-state index < -0.39 is 26.7 Å². The molecule has 3 rings (SSSR count). The van der Waals surface area contributed by atoms with E-state index in [1.165, 1.54) is 11.8 Å². The minimum Gasteiger partial charge on any atom is -0.493 e. The summed E-state index contributed by atoms with van der Waals surface area (Å²) in [4.78, 5) is 2.16. The van der Waals surface area contributed by atoms with Crippen molar-refractivity contribution in [3.8, 4) is 5.75 Å². The van der Waals surface area contributed by atoms with E-state index in [1.807, 2.05) is 19.0 Å². The second-order valence-corrected chi connectivity index (χ2v) is 10.6. The van der Waals surface area contributed by atoms with Gasteiger partial charge in [0.1, 0.15) is 10.6 Å². The van der Waals surface area contributed by atoms with Crippen molar-refractivity contribution < 1.29 is 26.3 Å². The number of thioether (sulfide) groups is 1. The zero-order valence-electron chi connectivity index (χ0n) is 16.9. The van der Waals surface area contributed by atoms with Crippen LogP contribution in [0.1, 0.15) is 12.0 Å². The van der Waals surface area contributed by atoms with Crippen LogP contribution in [0.4, 0.5) is 18.9 Å². The van der Waals surface area contributed by atoms with Crippen LogP contribution in [0.15, 0.2) is 46.2 Å². The van der Waals surface area contributed by atoms with Crippen LogP contribution >= 0.6 is 23.4 Å². The monoisotopic (exact) mass is 494 g/mol. The van der Waals surface area contributed by atoms with E-state index >= 15 is 0 Å². The van der Waals surface area contributed by atoms with Crippen molar-refractivity contribution in [1.29, 1.82) is 0 Å². The van der Waals surface area contributed by atoms with Crippen LogP contribution in [0.5, 0.6) is 5.75 Å². The average Bonchev–Trinajstić information content (AvgIpc) is 2.69. The molecule has 170 valence electrons. The predicted molar refractivity (Wildman–Crippen MR) is 117 cm³/mol. The molecular formula is C20H22ClF3N2O3S2. The van der Waals surface area contributed by atoms with Crippen LogP contribution < -0.4 is 9.04 Å². The number of anilines is 1. The Bertz CT molecular complexity index is 1050. The minimum atomic E-state index is -4.68. The first-order valence-corrected chi connectivity index (χ1v) is 12.2. The molecule has 1 aliphatic heterocycles. The van der Waals surface area contributed by atoms with Crippen LogP contribution in [0.25, 0.3) is 0 Å². The largest absolute Gasteiger partial charge is 0.493 e. The summed E-state index contributed by atoms with van der Waals surface area (Å²) < 4.78 is 72.9. The maximum absolute atomic E-state index is 13.3. The van der Waals surface area contributed by atoms with Gasteiger partial charge < -0.3 is 9.64 Å². The smallest absolute Gasteiger partial charge is 0.416 e. The summed E-state index contributed by atoms with van der Waals surface area (Å²) >= 11 is 7.49. The highest BCUT2D eigenvalue weighted by Crippen LogP contribution is 2.42. The van der Waals surface area contributed by atoms with Gasteiger partial charge in [-0.3, -0.25) is 4.31 Å². The number of benzene rings is 2. The van der Waals surface area contributed by atoms with Gasteiger partial charge in [-0.25, -0.2) is 8.42 Å². The number of fused-ring (bicyclic) bond motifs is 1. The third kappa shape index (κ3) is 5.60. The number of rotatable bonds is 7. The quantitative estimate of drug-likeness (QED) is 0.507. The van der Waals surface area contributed by atoms with Crippen molar-refractivity contribution in [2.45, 2.75) is 22.4 Å². The molecule has 2 aromatic rings. The summed E-state index contributed by atoms with van der Waals surface area (Å²) in [5, 5.41) is -0.260. The van der Waals surface area contributed by atoms with Crippen molar-refractivity contribution in [3.63, 3.8) is 0 Å². The normalized spacial score (nSPS) is 14.6. The number of ether oxygens (including phenoxy) is 1. The number of alkyl halides is 3. The fourth-order valence-electron chi connectivity index (χ4n) is 3.08. The summed E-state index contributed by atoms with van der Waals surface area (Å²) in [6.07, 6.45) is -3.89. The first-order chi connectivity index (χ1) is 14.5. The molecule has 0 spiro atoms. The molecule has 0 amide bonds. The first-order valence-electron chi connectivity index (χ1n) is 9.44. The van der Waals surface area contributed by atoms with Gasteiger partial charge in [0.2, 0.25) is 0 Å². The molecule has 0 aliphatic carbocycles. The van der Waals surface area contributed by atoms with Gasteiger partial charge in [0, 0.05) is 29.8 Å². The first kappa shape index (κ1) is 24.0. The van der Waals surface area contributed by atoms with Gasteiger partial charge in [-0.2, -0.15) is 13.2 Å². The lowest BCUT2D eigenvalue weighted by molar-refractivity contribution is -0.137. The fourth-order valence-corrected chi connectivity index (χ4v) is 6.21. The number of halogens is 4. The maximum Gasteiger partial charge on any atom is 0.416 e. The van der Waals surface area contributed by atoms with Crippen LogP contribution in [-0.4, -0.2) is 52.9 Å². The molecule has 1 heterocycles. The molecule has 0 bridgehead atoms. The Morgan fingerprint density at radius 3 is 2.61 bits per heavy atom. The van der Waals surface area contributed by atoms with Gasteiger partial charge >= 0.3 is 6.18 Å². The summed E-state index contributed by atoms with van der Waals surface area (Å²) in [5.41, 5.74) is -0.699. The molecular weight excluding hydrogens is 473 g/mol. The molecule has 0 radical (unpaired) electrons. The van der Waals surface area contributed by atoms with E-state index in [2.05, 4.69) is 0 Å². The van der Waals surface area contributed by atoms with Gasteiger partial charge in [-0.05, 0) is 50.8 Å². The highest BCUT2D eigenvalue weighted by atomic mass is 35.5. The second kappa shape index (κ2) is 9.48. The fraction of sp³-hybridized carbons (Fsp3) is 0.400. The SMILES string of the molecule is CN(C)CCCOc1ccc2c(c1)N(S(=O)(=O)c1cc(C(F)(F)F)ccc1Cl)CCS2. The second-order valence-electron chi connectivity index (χ2n) is 7.20. The minimum absolute atomic E-state index is 0.108. The molecule has 11 heteroatoms. The lowest BCUT2D eigenvalue weighted by atomic mass is 10.2. The van der Waals surface area contributed by atoms with E-state index in [-0.39, 0.29) is 11.6 Å². The van der Waals surface area contributed by atoms with Crippen molar-refractivity contribution in [2.24, 2.45) is 0 Å². The lowest BCUT2D eigenvalue weighted by Crippen LogP contribution is -2.35. The topological polar surface area (TPSA) is 49.9 Å². The molecule has 2 aromatic carbocycles. The number of hydrogen-bond acceptors (Lipinski definition) is 5. The Labute approximate surface area is 189 Å². The molecule has 0 N–H and O–H groups in total. The molecule has 1 aliphatic rings. The van der Waals surface area contributed by atoms with Crippen molar-refractivity contribution in [3.05, 3.63) is 47.0 Å². The average molecular weight is 495 g/mol. The molecule has 0 atom stereocenters. The van der Waals surface area contributed by atoms with Gasteiger partial charge in [-0.15, -0.1) is 11.8 Å².